The molecular formula is C18H19N3O2. The number of aromatic nitrogens is 1. The van der Waals surface area contributed by atoms with E-state index in [1.807, 2.05) is 30.3 Å². The van der Waals surface area contributed by atoms with Crippen LogP contribution in [0, 0.1) is 0 Å². The second-order valence-electron chi connectivity index (χ2n) is 5.21. The van der Waals surface area contributed by atoms with Crippen LogP contribution in [0.25, 0.3) is 0 Å². The highest BCUT2D eigenvalue weighted by Gasteiger charge is 2.08. The van der Waals surface area contributed by atoms with E-state index in [0.717, 1.165) is 5.56 Å². The maximum atomic E-state index is 12.0. The van der Waals surface area contributed by atoms with Gasteiger partial charge in [-0.15, -0.1) is 0 Å². The van der Waals surface area contributed by atoms with E-state index in [-0.39, 0.29) is 18.1 Å². The Labute approximate surface area is 135 Å². The Bertz CT molecular complexity index is 682. The largest absolute Gasteiger partial charge is 0.294 e. The highest BCUT2D eigenvalue weighted by atomic mass is 16.2. The fourth-order valence-electron chi connectivity index (χ4n) is 2.02. The van der Waals surface area contributed by atoms with E-state index >= 15 is 0 Å². The minimum atomic E-state index is -0.165. The number of carbonyl (C=O) groups is 2. The molecule has 0 atom stereocenters. The van der Waals surface area contributed by atoms with Crippen LogP contribution in [0.4, 0.5) is 0 Å². The molecule has 0 saturated heterocycles. The van der Waals surface area contributed by atoms with Gasteiger partial charge >= 0.3 is 0 Å². The monoisotopic (exact) mass is 309 g/mol. The molecule has 0 aliphatic heterocycles. The van der Waals surface area contributed by atoms with E-state index in [4.69, 9.17) is 0 Å². The molecule has 2 aromatic rings. The van der Waals surface area contributed by atoms with Crippen molar-refractivity contribution in [2.24, 2.45) is 5.10 Å². The number of Topliss-reactive ketones (excluding diaryl/α,β-unsaturated/α-hetero) is 1. The number of hydrazone groups is 1. The first-order valence-corrected chi connectivity index (χ1v) is 7.44. The van der Waals surface area contributed by atoms with E-state index < -0.39 is 0 Å². The van der Waals surface area contributed by atoms with Crippen molar-refractivity contribution in [3.63, 3.8) is 0 Å². The lowest BCUT2D eigenvalue weighted by Gasteiger charge is -2.03. The smallest absolute Gasteiger partial charge is 0.240 e. The Kier molecular flexibility index (Phi) is 6.17. The predicted octanol–water partition coefficient (Wildman–Crippen LogP) is 2.78. The number of hydrogen-bond donors (Lipinski definition) is 1. The fraction of sp³-hybridized carbons (Fsp3) is 0.222. The number of carbonyl (C=O) groups excluding carboxylic acids is 2. The van der Waals surface area contributed by atoms with Gasteiger partial charge in [0.05, 0.1) is 6.42 Å². The van der Waals surface area contributed by atoms with Crippen molar-refractivity contribution < 1.29 is 9.59 Å². The summed E-state index contributed by atoms with van der Waals surface area (Å²) in [5.41, 5.74) is 4.70. The summed E-state index contributed by atoms with van der Waals surface area (Å²) in [6, 6.07) is 13.2. The van der Waals surface area contributed by atoms with Gasteiger partial charge in [0.25, 0.3) is 0 Å². The minimum Gasteiger partial charge on any atom is -0.294 e. The summed E-state index contributed by atoms with van der Waals surface area (Å²) in [6.45, 7) is 1.71. The first kappa shape index (κ1) is 16.5. The molecule has 1 N–H and O–H groups in total. The Balaban J connectivity index is 1.77. The van der Waals surface area contributed by atoms with Crippen LogP contribution in [0.2, 0.25) is 0 Å². The summed E-state index contributed by atoms with van der Waals surface area (Å²) in [5.74, 6) is -0.236. The van der Waals surface area contributed by atoms with Gasteiger partial charge in [-0.2, -0.15) is 5.10 Å². The van der Waals surface area contributed by atoms with Crippen molar-refractivity contribution >= 4 is 17.4 Å². The van der Waals surface area contributed by atoms with Crippen molar-refractivity contribution in [1.29, 1.82) is 0 Å². The number of aryl methyl sites for hydroxylation is 1. The summed E-state index contributed by atoms with van der Waals surface area (Å²) in [7, 11) is 0. The molecular weight excluding hydrogens is 290 g/mol. The van der Waals surface area contributed by atoms with Gasteiger partial charge in [-0.1, -0.05) is 30.3 Å². The summed E-state index contributed by atoms with van der Waals surface area (Å²) in [4.78, 5) is 27.7. The van der Waals surface area contributed by atoms with E-state index in [1.54, 1.807) is 25.3 Å². The SMILES string of the molecule is C/C(CC(=O)c1cccnc1)=N\NC(=O)CCc1ccccc1. The van der Waals surface area contributed by atoms with Crippen molar-refractivity contribution in [2.75, 3.05) is 0 Å². The van der Waals surface area contributed by atoms with Crippen molar-refractivity contribution in [2.45, 2.75) is 26.2 Å². The quantitative estimate of drug-likeness (QED) is 0.485. The number of ketones is 1. The minimum absolute atomic E-state index is 0.0714. The Morgan fingerprint density at radius 2 is 1.91 bits per heavy atom. The molecule has 0 aliphatic rings. The molecule has 0 saturated carbocycles. The van der Waals surface area contributed by atoms with Gasteiger partial charge in [0.1, 0.15) is 0 Å². The van der Waals surface area contributed by atoms with Gasteiger partial charge < -0.3 is 0 Å². The number of rotatable bonds is 7. The molecule has 0 radical (unpaired) electrons. The number of pyridine rings is 1. The zero-order valence-corrected chi connectivity index (χ0v) is 13.0. The summed E-state index contributed by atoms with van der Waals surface area (Å²) in [6.07, 6.45) is 4.32. The van der Waals surface area contributed by atoms with Crippen LogP contribution in [0.15, 0.2) is 60.0 Å². The first-order chi connectivity index (χ1) is 11.1. The van der Waals surface area contributed by atoms with E-state index in [0.29, 0.717) is 24.1 Å². The molecule has 0 aliphatic carbocycles. The van der Waals surface area contributed by atoms with Crippen LogP contribution in [-0.2, 0) is 11.2 Å². The lowest BCUT2D eigenvalue weighted by atomic mass is 10.1. The van der Waals surface area contributed by atoms with E-state index in [1.165, 1.54) is 6.20 Å². The van der Waals surface area contributed by atoms with Gasteiger partial charge in [-0.05, 0) is 31.0 Å². The Morgan fingerprint density at radius 1 is 1.13 bits per heavy atom. The Morgan fingerprint density at radius 3 is 2.61 bits per heavy atom. The molecule has 0 unspecified atom stereocenters. The van der Waals surface area contributed by atoms with Crippen LogP contribution >= 0.6 is 0 Å². The molecule has 1 aromatic carbocycles. The third kappa shape index (κ3) is 5.82. The molecule has 5 nitrogen and oxygen atoms in total. The maximum absolute atomic E-state index is 12.0. The average Bonchev–Trinajstić information content (AvgIpc) is 2.60. The zero-order valence-electron chi connectivity index (χ0n) is 13.0. The number of hydrogen-bond acceptors (Lipinski definition) is 4. The molecule has 1 heterocycles. The zero-order chi connectivity index (χ0) is 16.5. The van der Waals surface area contributed by atoms with E-state index in [9.17, 15) is 9.59 Å². The van der Waals surface area contributed by atoms with Crippen LogP contribution in [-0.4, -0.2) is 22.4 Å². The summed E-state index contributed by atoms with van der Waals surface area (Å²) < 4.78 is 0. The Hall–Kier alpha value is -2.82. The molecule has 118 valence electrons. The fourth-order valence-corrected chi connectivity index (χ4v) is 2.02. The van der Waals surface area contributed by atoms with Crippen LogP contribution in [0.5, 0.6) is 0 Å². The lowest BCUT2D eigenvalue weighted by Crippen LogP contribution is -2.20. The van der Waals surface area contributed by atoms with Crippen molar-refractivity contribution in [3.8, 4) is 0 Å². The molecule has 0 bridgehead atoms. The molecule has 5 heteroatoms. The number of nitrogens with one attached hydrogen (secondary N) is 1. The highest BCUT2D eigenvalue weighted by molar-refractivity contribution is 6.08. The lowest BCUT2D eigenvalue weighted by molar-refractivity contribution is -0.121. The topological polar surface area (TPSA) is 71.4 Å². The van der Waals surface area contributed by atoms with Gasteiger partial charge in [0.15, 0.2) is 5.78 Å². The van der Waals surface area contributed by atoms with Gasteiger partial charge in [0, 0.05) is 30.1 Å². The molecule has 0 fully saturated rings. The van der Waals surface area contributed by atoms with Gasteiger partial charge in [-0.25, -0.2) is 5.43 Å². The number of benzene rings is 1. The molecule has 1 aromatic heterocycles. The standard InChI is InChI=1S/C18H19N3O2/c1-14(12-17(22)16-8-5-11-19-13-16)20-21-18(23)10-9-15-6-3-2-4-7-15/h2-8,11,13H,9-10,12H2,1H3,(H,21,23)/b20-14+. The van der Waals surface area contributed by atoms with Crippen LogP contribution in [0.1, 0.15) is 35.7 Å². The van der Waals surface area contributed by atoms with Gasteiger partial charge in [-0.3, -0.25) is 14.6 Å². The maximum Gasteiger partial charge on any atom is 0.240 e. The molecule has 1 amide bonds. The third-order valence-corrected chi connectivity index (χ3v) is 3.25. The number of amides is 1. The second-order valence-corrected chi connectivity index (χ2v) is 5.21. The normalized spacial score (nSPS) is 11.1. The summed E-state index contributed by atoms with van der Waals surface area (Å²) >= 11 is 0. The average molecular weight is 309 g/mol. The van der Waals surface area contributed by atoms with Crippen molar-refractivity contribution in [1.82, 2.24) is 10.4 Å². The predicted molar refractivity (Wildman–Crippen MR) is 89.2 cm³/mol. The van der Waals surface area contributed by atoms with E-state index in [2.05, 4.69) is 15.5 Å². The van der Waals surface area contributed by atoms with Crippen LogP contribution in [0.3, 0.4) is 0 Å². The third-order valence-electron chi connectivity index (χ3n) is 3.25. The first-order valence-electron chi connectivity index (χ1n) is 7.44. The van der Waals surface area contributed by atoms with Gasteiger partial charge in [0.2, 0.25) is 5.91 Å². The highest BCUT2D eigenvalue weighted by Crippen LogP contribution is 2.03. The molecule has 23 heavy (non-hydrogen) atoms. The summed E-state index contributed by atoms with van der Waals surface area (Å²) in [5, 5.41) is 3.98. The second kappa shape index (κ2) is 8.58. The molecule has 2 rings (SSSR count). The molecule has 0 spiro atoms. The van der Waals surface area contributed by atoms with Crippen molar-refractivity contribution in [3.05, 3.63) is 66.0 Å². The van der Waals surface area contributed by atoms with Crippen LogP contribution < -0.4 is 5.43 Å². The number of nitrogens with zero attached hydrogens (tertiary/aromatic N) is 2.